The molecule has 0 aliphatic rings. The summed E-state index contributed by atoms with van der Waals surface area (Å²) in [6.07, 6.45) is 0. The summed E-state index contributed by atoms with van der Waals surface area (Å²) in [5.41, 5.74) is 0.266. The number of carbonyl (C=O) groups excluding carboxylic acids is 1. The zero-order valence-electron chi connectivity index (χ0n) is 8.69. The molecule has 0 bridgehead atoms. The summed E-state index contributed by atoms with van der Waals surface area (Å²) in [6.45, 7) is 0. The highest BCUT2D eigenvalue weighted by molar-refractivity contribution is 6.44. The number of nitrogens with one attached hydrogen (secondary N) is 1. The van der Waals surface area contributed by atoms with Gasteiger partial charge in [-0.25, -0.2) is 4.68 Å². The van der Waals surface area contributed by atoms with Crippen LogP contribution >= 0.6 is 23.2 Å². The van der Waals surface area contributed by atoms with Crippen LogP contribution in [0.1, 0.15) is 10.4 Å². The molecule has 2 rings (SSSR count). The average molecular weight is 272 g/mol. The molecule has 0 unspecified atom stereocenters. The van der Waals surface area contributed by atoms with Crippen molar-refractivity contribution in [1.82, 2.24) is 20.2 Å². The number of carbonyl (C=O) groups is 1. The quantitative estimate of drug-likeness (QED) is 0.904. The number of aromatic nitrogens is 4. The summed E-state index contributed by atoms with van der Waals surface area (Å²) < 4.78 is 1.33. The van der Waals surface area contributed by atoms with Gasteiger partial charge in [0.05, 0.1) is 15.6 Å². The summed E-state index contributed by atoms with van der Waals surface area (Å²) in [5, 5.41) is 13.6. The van der Waals surface area contributed by atoms with E-state index >= 15 is 0 Å². The molecule has 0 aliphatic carbocycles. The molecule has 0 saturated carbocycles. The second-order valence-electron chi connectivity index (χ2n) is 3.18. The van der Waals surface area contributed by atoms with Gasteiger partial charge >= 0.3 is 0 Å². The van der Waals surface area contributed by atoms with Gasteiger partial charge in [0.2, 0.25) is 5.95 Å². The molecule has 0 spiro atoms. The second-order valence-corrected chi connectivity index (χ2v) is 3.97. The first-order chi connectivity index (χ1) is 8.09. The maximum Gasteiger partial charge on any atom is 0.259 e. The van der Waals surface area contributed by atoms with E-state index in [1.54, 1.807) is 25.2 Å². The monoisotopic (exact) mass is 271 g/mol. The Morgan fingerprint density at radius 3 is 2.82 bits per heavy atom. The molecule has 0 saturated heterocycles. The minimum Gasteiger partial charge on any atom is -0.289 e. The van der Waals surface area contributed by atoms with Crippen LogP contribution in [-0.4, -0.2) is 26.1 Å². The first-order valence-corrected chi connectivity index (χ1v) is 5.33. The smallest absolute Gasteiger partial charge is 0.259 e. The third-order valence-corrected chi connectivity index (χ3v) is 2.86. The molecule has 88 valence electrons. The molecule has 1 heterocycles. The van der Waals surface area contributed by atoms with Crippen LogP contribution in [0.2, 0.25) is 10.0 Å². The fourth-order valence-electron chi connectivity index (χ4n) is 1.18. The van der Waals surface area contributed by atoms with E-state index < -0.39 is 5.91 Å². The summed E-state index contributed by atoms with van der Waals surface area (Å²) >= 11 is 11.7. The molecule has 17 heavy (non-hydrogen) atoms. The first-order valence-electron chi connectivity index (χ1n) is 4.57. The minimum absolute atomic E-state index is 0.196. The van der Waals surface area contributed by atoms with Crippen LogP contribution in [0.3, 0.4) is 0 Å². The molecule has 0 aliphatic heterocycles. The Hall–Kier alpha value is -1.66. The lowest BCUT2D eigenvalue weighted by Crippen LogP contribution is -2.15. The number of amides is 1. The third kappa shape index (κ3) is 2.37. The Morgan fingerprint density at radius 2 is 2.18 bits per heavy atom. The van der Waals surface area contributed by atoms with E-state index in [1.165, 1.54) is 4.68 Å². The van der Waals surface area contributed by atoms with Crippen LogP contribution in [0.4, 0.5) is 5.95 Å². The number of halogens is 2. The Kier molecular flexibility index (Phi) is 3.26. The van der Waals surface area contributed by atoms with Gasteiger partial charge in [0.1, 0.15) is 0 Å². The van der Waals surface area contributed by atoms with Crippen LogP contribution in [-0.2, 0) is 7.05 Å². The van der Waals surface area contributed by atoms with Gasteiger partial charge in [-0.1, -0.05) is 34.4 Å². The molecule has 0 fully saturated rings. The van der Waals surface area contributed by atoms with Crippen molar-refractivity contribution in [2.75, 3.05) is 5.32 Å². The van der Waals surface area contributed by atoms with Gasteiger partial charge in [-0.05, 0) is 22.6 Å². The largest absolute Gasteiger partial charge is 0.289 e. The summed E-state index contributed by atoms with van der Waals surface area (Å²) in [4.78, 5) is 11.9. The van der Waals surface area contributed by atoms with Gasteiger partial charge < -0.3 is 0 Å². The predicted molar refractivity (Wildman–Crippen MR) is 63.2 cm³/mol. The number of tetrazole rings is 1. The molecule has 1 aromatic heterocycles. The summed E-state index contributed by atoms with van der Waals surface area (Å²) in [7, 11) is 1.61. The van der Waals surface area contributed by atoms with Gasteiger partial charge in [0.25, 0.3) is 5.91 Å². The van der Waals surface area contributed by atoms with Crippen molar-refractivity contribution in [3.63, 3.8) is 0 Å². The van der Waals surface area contributed by atoms with Crippen LogP contribution in [0, 0.1) is 0 Å². The molecule has 0 radical (unpaired) electrons. The Bertz CT molecular complexity index is 568. The third-order valence-electron chi connectivity index (χ3n) is 2.04. The number of rotatable bonds is 2. The van der Waals surface area contributed by atoms with Gasteiger partial charge in [-0.15, -0.1) is 0 Å². The van der Waals surface area contributed by atoms with Crippen molar-refractivity contribution < 1.29 is 4.79 Å². The van der Waals surface area contributed by atoms with Gasteiger partial charge in [-0.3, -0.25) is 10.1 Å². The van der Waals surface area contributed by atoms with E-state index in [9.17, 15) is 4.79 Å². The van der Waals surface area contributed by atoms with Crippen molar-refractivity contribution in [3.8, 4) is 0 Å². The highest BCUT2D eigenvalue weighted by Crippen LogP contribution is 2.25. The van der Waals surface area contributed by atoms with Crippen molar-refractivity contribution in [3.05, 3.63) is 33.8 Å². The Morgan fingerprint density at radius 1 is 1.41 bits per heavy atom. The van der Waals surface area contributed by atoms with Gasteiger partial charge in [-0.2, -0.15) is 0 Å². The summed E-state index contributed by atoms with van der Waals surface area (Å²) in [5.74, 6) is -0.193. The lowest BCUT2D eigenvalue weighted by molar-refractivity contribution is 0.102. The maximum atomic E-state index is 11.9. The highest BCUT2D eigenvalue weighted by atomic mass is 35.5. The summed E-state index contributed by atoms with van der Waals surface area (Å²) in [6, 6.07) is 4.80. The van der Waals surface area contributed by atoms with E-state index in [2.05, 4.69) is 20.8 Å². The van der Waals surface area contributed by atoms with Crippen LogP contribution in [0.5, 0.6) is 0 Å². The normalized spacial score (nSPS) is 10.3. The molecular weight excluding hydrogens is 265 g/mol. The number of aryl methyl sites for hydroxylation is 1. The van der Waals surface area contributed by atoms with Crippen LogP contribution in [0.15, 0.2) is 18.2 Å². The van der Waals surface area contributed by atoms with Crippen molar-refractivity contribution in [2.45, 2.75) is 0 Å². The van der Waals surface area contributed by atoms with Crippen molar-refractivity contribution >= 4 is 35.1 Å². The van der Waals surface area contributed by atoms with Crippen LogP contribution in [0.25, 0.3) is 0 Å². The van der Waals surface area contributed by atoms with E-state index in [-0.39, 0.29) is 16.5 Å². The Balaban J connectivity index is 2.27. The number of benzene rings is 1. The zero-order valence-corrected chi connectivity index (χ0v) is 10.2. The Labute approximate surface area is 107 Å². The highest BCUT2D eigenvalue weighted by Gasteiger charge is 2.14. The van der Waals surface area contributed by atoms with Crippen LogP contribution < -0.4 is 5.32 Å². The number of nitrogens with zero attached hydrogens (tertiary/aromatic N) is 4. The van der Waals surface area contributed by atoms with E-state index in [4.69, 9.17) is 23.2 Å². The standard InChI is InChI=1S/C9H7Cl2N5O/c1-16-9(13-14-15-16)12-8(17)5-3-2-4-6(10)7(5)11/h2-4H,1H3,(H,12,13,15,17). The fourth-order valence-corrected chi connectivity index (χ4v) is 1.57. The predicted octanol–water partition coefficient (Wildman–Crippen LogP) is 1.77. The molecule has 1 aromatic carbocycles. The van der Waals surface area contributed by atoms with Crippen molar-refractivity contribution in [2.24, 2.45) is 7.05 Å². The molecule has 8 heteroatoms. The maximum absolute atomic E-state index is 11.9. The minimum atomic E-state index is -0.421. The zero-order chi connectivity index (χ0) is 12.4. The molecule has 1 amide bonds. The topological polar surface area (TPSA) is 72.7 Å². The fraction of sp³-hybridized carbons (Fsp3) is 0.111. The van der Waals surface area contributed by atoms with E-state index in [0.717, 1.165) is 0 Å². The lowest BCUT2D eigenvalue weighted by Gasteiger charge is -2.05. The van der Waals surface area contributed by atoms with E-state index in [1.807, 2.05) is 0 Å². The molecule has 1 N–H and O–H groups in total. The molecule has 6 nitrogen and oxygen atoms in total. The lowest BCUT2D eigenvalue weighted by atomic mass is 10.2. The van der Waals surface area contributed by atoms with Gasteiger partial charge in [0, 0.05) is 7.05 Å². The van der Waals surface area contributed by atoms with Gasteiger partial charge in [0.15, 0.2) is 0 Å². The molecule has 0 atom stereocenters. The SMILES string of the molecule is Cn1nnnc1NC(=O)c1cccc(Cl)c1Cl. The average Bonchev–Trinajstić information content (AvgIpc) is 2.68. The van der Waals surface area contributed by atoms with Crippen molar-refractivity contribution in [1.29, 1.82) is 0 Å². The molecular formula is C9H7Cl2N5O. The number of hydrogen-bond donors (Lipinski definition) is 1. The van der Waals surface area contributed by atoms with E-state index in [0.29, 0.717) is 5.02 Å². The first kappa shape index (κ1) is 11.8. The number of hydrogen-bond acceptors (Lipinski definition) is 4. The number of anilines is 1. The molecule has 2 aromatic rings. The second kappa shape index (κ2) is 4.68.